The van der Waals surface area contributed by atoms with Gasteiger partial charge in [0.1, 0.15) is 90.1 Å². The monoisotopic (exact) mass is 1270 g/mol. The van der Waals surface area contributed by atoms with Gasteiger partial charge in [-0.05, 0) is 96.6 Å². The van der Waals surface area contributed by atoms with E-state index in [1.807, 2.05) is 50.3 Å². The minimum atomic E-state index is -2.07. The van der Waals surface area contributed by atoms with Gasteiger partial charge >= 0.3 is 5.97 Å². The number of methoxy groups -OCH3 is 3. The first-order valence-corrected chi connectivity index (χ1v) is 31.3. The lowest BCUT2D eigenvalue weighted by Gasteiger charge is -2.67. The Morgan fingerprint density at radius 3 is 1.67 bits per heavy atom. The van der Waals surface area contributed by atoms with E-state index >= 15 is 0 Å². The first-order chi connectivity index (χ1) is 42.2. The average molecular weight is 1270 g/mol. The average Bonchev–Trinajstić information content (AvgIpc) is 1.62. The maximum atomic E-state index is 13.7. The van der Waals surface area contributed by atoms with Crippen molar-refractivity contribution in [3.8, 4) is 0 Å². The van der Waals surface area contributed by atoms with E-state index in [9.17, 15) is 60.7 Å². The van der Waals surface area contributed by atoms with E-state index < -0.39 is 200 Å². The molecule has 0 amide bonds. The van der Waals surface area contributed by atoms with Crippen molar-refractivity contribution in [2.75, 3.05) is 34.5 Å². The summed E-state index contributed by atoms with van der Waals surface area (Å²) in [5, 5.41) is 112. The molecule has 10 rings (SSSR count). The number of aliphatic hydroxyl groups is 10. The summed E-state index contributed by atoms with van der Waals surface area (Å²) >= 11 is 0. The lowest BCUT2D eigenvalue weighted by Crippen LogP contribution is -2.78. The van der Waals surface area contributed by atoms with Crippen molar-refractivity contribution in [1.29, 1.82) is 0 Å². The predicted molar refractivity (Wildman–Crippen MR) is 306 cm³/mol. The summed E-state index contributed by atoms with van der Waals surface area (Å²) in [7, 11) is 4.63. The molecule has 10 N–H and O–H groups in total. The molecular weight excluding hydrogens is 1170 g/mol. The summed E-state index contributed by atoms with van der Waals surface area (Å²) in [6, 6.07) is 9.23. The van der Waals surface area contributed by atoms with Crippen molar-refractivity contribution in [1.82, 2.24) is 0 Å². The van der Waals surface area contributed by atoms with Crippen LogP contribution in [0.25, 0.3) is 6.08 Å². The second-order valence-corrected chi connectivity index (χ2v) is 26.4. The van der Waals surface area contributed by atoms with Crippen molar-refractivity contribution in [3.05, 3.63) is 53.6 Å². The molecule has 5 saturated heterocycles. The number of hydrogen-bond donors (Lipinski definition) is 10. The second-order valence-electron chi connectivity index (χ2n) is 26.4. The number of ether oxygens (including phenoxy) is 14. The molecule has 4 aliphatic carbocycles. The Kier molecular flexibility index (Phi) is 21.1. The number of fused-ring (bicyclic) bond motifs is 5. The molecule has 26 nitrogen and oxygen atoms in total. The third kappa shape index (κ3) is 12.5. The number of hydrogen-bond acceptors (Lipinski definition) is 26. The lowest BCUT2D eigenvalue weighted by atomic mass is 9.42. The van der Waals surface area contributed by atoms with Gasteiger partial charge in [-0.25, -0.2) is 4.79 Å². The molecule has 0 radical (unpaired) electrons. The maximum Gasteiger partial charge on any atom is 0.331 e. The molecule has 0 bridgehead atoms. The maximum absolute atomic E-state index is 13.7. The van der Waals surface area contributed by atoms with Crippen LogP contribution < -0.4 is 0 Å². The minimum Gasteiger partial charge on any atom is -0.458 e. The van der Waals surface area contributed by atoms with Crippen LogP contribution >= 0.6 is 0 Å². The SMILES string of the molecule is CO[C@H]1C[C@H](O[C@H]2CC[C@@]3(C)C(=CC[C@]4(O)[C@@H]3C[C@@H](OC(=O)C=Cc3ccccc3)[C@@]3(C)[C@]4(O)CC[C@@]3(O)C(C)=O)C2)O[C@H](C)[C@H]1O[C@H]1C[C@H](OC)[C@H](O[C@H]2C[C@@H](OC)[C@H](O[C@@H]3O[C@H](CO)[C@@H](O[C@@H]4O[C@H](CO)[C@@H](O)[C@H](O)[C@H]4O)[C@H](O)[C@H]3O)[C@@H](C)O2)[C@@H](C)O1. The van der Waals surface area contributed by atoms with Gasteiger partial charge in [-0.1, -0.05) is 48.9 Å². The van der Waals surface area contributed by atoms with Crippen molar-refractivity contribution in [2.45, 2.75) is 270 Å². The number of carbonyl (C=O) groups excluding carboxylic acids is 2. The van der Waals surface area contributed by atoms with Crippen LogP contribution in [-0.2, 0) is 75.9 Å². The van der Waals surface area contributed by atoms with E-state index in [0.717, 1.165) is 11.1 Å². The summed E-state index contributed by atoms with van der Waals surface area (Å²) in [5.74, 6) is -1.89. The second kappa shape index (κ2) is 27.3. The summed E-state index contributed by atoms with van der Waals surface area (Å²) in [4.78, 5) is 27.0. The molecule has 0 aromatic heterocycles. The molecule has 3 saturated carbocycles. The van der Waals surface area contributed by atoms with Crippen LogP contribution in [0.2, 0.25) is 0 Å². The fourth-order valence-corrected chi connectivity index (χ4v) is 16.3. The molecule has 89 heavy (non-hydrogen) atoms. The number of esters is 1. The van der Waals surface area contributed by atoms with Crippen LogP contribution in [0.4, 0.5) is 0 Å². The Morgan fingerprint density at radius 1 is 0.618 bits per heavy atom. The first kappa shape index (κ1) is 68.8. The fraction of sp³-hybridized carbons (Fsp3) is 0.810. The standard InChI is InChI=1S/C63H94O26/c1-30-53(86-46-25-38(77-8)54(31(2)80-46)87-47-26-39(78-9)55(32(3)81-47)88-58-52(72)50(70)56(41(29-65)84-58)89-57-51(71)49(69)48(68)40(28-64)83-57)37(76-7)24-45(79-30)82-36-18-19-59(5)35(23-36)17-20-62(74)42(59)27-43(85-44(67)16-15-34-13-11-10-12-14-34)60(6)61(73,33(4)66)21-22-63(60,62)75/h10-17,30-32,36-43,45-58,64-65,68-75H,18-29H2,1-9H3/t30-,31-,32-,36+,37+,38+,39-,40-,41-,42-,43-,45+,46+,47+,48-,49+,50-,51-,52-,53-,54-,55-,56-,57+,58+,59+,60-,61-,62+,63-/m1/s1. The normalized spacial score (nSPS) is 49.3. The van der Waals surface area contributed by atoms with Crippen LogP contribution in [0.5, 0.6) is 0 Å². The highest BCUT2D eigenvalue weighted by molar-refractivity contribution is 5.89. The molecule has 0 unspecified atom stereocenters. The molecular formula is C63H94O26. The Hall–Kier alpha value is -3.08. The van der Waals surface area contributed by atoms with E-state index in [4.69, 9.17) is 66.3 Å². The van der Waals surface area contributed by atoms with Crippen LogP contribution in [0, 0.1) is 16.7 Å². The molecule has 5 aliphatic heterocycles. The molecule has 26 heteroatoms. The highest BCUT2D eigenvalue weighted by Gasteiger charge is 2.81. The Labute approximate surface area is 518 Å². The fourth-order valence-electron chi connectivity index (χ4n) is 16.3. The predicted octanol–water partition coefficient (Wildman–Crippen LogP) is 0.349. The van der Waals surface area contributed by atoms with Crippen LogP contribution in [0.3, 0.4) is 0 Å². The number of aliphatic hydroxyl groups excluding tert-OH is 7. The van der Waals surface area contributed by atoms with E-state index in [-0.39, 0.29) is 44.6 Å². The summed E-state index contributed by atoms with van der Waals surface area (Å²) in [5.41, 5.74) is -6.47. The molecule has 1 aromatic carbocycles. The minimum absolute atomic E-state index is 0.0511. The van der Waals surface area contributed by atoms with E-state index in [1.165, 1.54) is 20.1 Å². The molecule has 1 aromatic rings. The van der Waals surface area contributed by atoms with Crippen LogP contribution in [-0.4, -0.2) is 262 Å². The van der Waals surface area contributed by atoms with Crippen molar-refractivity contribution in [3.63, 3.8) is 0 Å². The molecule has 9 aliphatic rings. The highest BCUT2D eigenvalue weighted by Crippen LogP contribution is 2.71. The van der Waals surface area contributed by atoms with Gasteiger partial charge in [0.05, 0.1) is 61.4 Å². The van der Waals surface area contributed by atoms with Gasteiger partial charge in [0.25, 0.3) is 0 Å². The zero-order chi connectivity index (χ0) is 64.3. The Bertz CT molecular complexity index is 2630. The number of rotatable bonds is 19. The van der Waals surface area contributed by atoms with Gasteiger partial charge in [-0.15, -0.1) is 0 Å². The van der Waals surface area contributed by atoms with Gasteiger partial charge < -0.3 is 117 Å². The summed E-state index contributed by atoms with van der Waals surface area (Å²) in [6.07, 6.45) is -18.5. The van der Waals surface area contributed by atoms with E-state index in [0.29, 0.717) is 25.7 Å². The first-order valence-electron chi connectivity index (χ1n) is 31.3. The molecule has 0 spiro atoms. The topological polar surface area (TPSA) is 366 Å². The highest BCUT2D eigenvalue weighted by atomic mass is 16.8. The van der Waals surface area contributed by atoms with Crippen molar-refractivity contribution >= 4 is 17.8 Å². The summed E-state index contributed by atoms with van der Waals surface area (Å²) < 4.78 is 86.7. The summed E-state index contributed by atoms with van der Waals surface area (Å²) in [6.45, 7) is 8.87. The van der Waals surface area contributed by atoms with E-state index in [2.05, 4.69) is 6.92 Å². The zero-order valence-electron chi connectivity index (χ0n) is 52.0. The van der Waals surface area contributed by atoms with Gasteiger partial charge in [0.15, 0.2) is 37.2 Å². The molecule has 5 heterocycles. The number of ketones is 1. The quantitative estimate of drug-likeness (QED) is 0.0507. The Balaban J connectivity index is 0.728. The van der Waals surface area contributed by atoms with Crippen LogP contribution in [0.15, 0.2) is 48.1 Å². The molecule has 502 valence electrons. The number of carbonyl (C=O) groups is 2. The third-order valence-corrected chi connectivity index (χ3v) is 21.6. The van der Waals surface area contributed by atoms with Gasteiger partial charge in [0.2, 0.25) is 0 Å². The van der Waals surface area contributed by atoms with Crippen molar-refractivity contribution < 1.29 is 127 Å². The number of benzene rings is 1. The van der Waals surface area contributed by atoms with Gasteiger partial charge in [0, 0.05) is 52.6 Å². The van der Waals surface area contributed by atoms with Crippen LogP contribution in [0.1, 0.15) is 111 Å². The third-order valence-electron chi connectivity index (χ3n) is 21.6. The zero-order valence-corrected chi connectivity index (χ0v) is 52.0. The molecule has 30 atom stereocenters. The van der Waals surface area contributed by atoms with Crippen molar-refractivity contribution in [2.24, 2.45) is 16.7 Å². The number of Topliss-reactive ketones (excluding diaryl/α,β-unsaturated/α-hetero) is 1. The smallest absolute Gasteiger partial charge is 0.331 e. The lowest BCUT2D eigenvalue weighted by molar-refractivity contribution is -0.376. The Morgan fingerprint density at radius 2 is 1.13 bits per heavy atom. The molecule has 8 fully saturated rings. The van der Waals surface area contributed by atoms with Gasteiger partial charge in [-0.2, -0.15) is 0 Å². The van der Waals surface area contributed by atoms with E-state index in [1.54, 1.807) is 34.1 Å². The largest absolute Gasteiger partial charge is 0.458 e. The van der Waals surface area contributed by atoms with Gasteiger partial charge in [-0.3, -0.25) is 4.79 Å².